The fourth-order valence-corrected chi connectivity index (χ4v) is 3.44. The number of amides is 1. The number of rotatable bonds is 6. The summed E-state index contributed by atoms with van der Waals surface area (Å²) in [7, 11) is 0. The molecule has 2 aromatic heterocycles. The highest BCUT2D eigenvalue weighted by atomic mass is 16.6. The summed E-state index contributed by atoms with van der Waals surface area (Å²) in [6, 6.07) is 2.15. The molecule has 1 amide bonds. The fraction of sp³-hybridized carbons (Fsp3) is 0.562. The van der Waals surface area contributed by atoms with Gasteiger partial charge in [-0.3, -0.25) is 19.6 Å². The van der Waals surface area contributed by atoms with Gasteiger partial charge < -0.3 is 5.32 Å². The zero-order chi connectivity index (χ0) is 18.0. The van der Waals surface area contributed by atoms with E-state index in [4.69, 9.17) is 0 Å². The Morgan fingerprint density at radius 1 is 1.40 bits per heavy atom. The van der Waals surface area contributed by atoms with Gasteiger partial charge in [-0.25, -0.2) is 4.68 Å². The van der Waals surface area contributed by atoms with Crippen molar-refractivity contribution in [2.75, 3.05) is 5.32 Å². The van der Waals surface area contributed by atoms with E-state index in [9.17, 15) is 14.9 Å². The highest BCUT2D eigenvalue weighted by molar-refractivity contribution is 5.89. The minimum atomic E-state index is -0.436. The van der Waals surface area contributed by atoms with E-state index in [0.29, 0.717) is 29.8 Å². The SMILES string of the molecule is Cc1nn(CCC(=O)Nc2ccnn2C2CCCC2)c(C)c1[N+](=O)[O-]. The number of carbonyl (C=O) groups is 1. The van der Waals surface area contributed by atoms with E-state index in [1.807, 2.05) is 4.68 Å². The lowest BCUT2D eigenvalue weighted by atomic mass is 10.2. The molecule has 0 unspecified atom stereocenters. The van der Waals surface area contributed by atoms with Crippen molar-refractivity contribution >= 4 is 17.4 Å². The highest BCUT2D eigenvalue weighted by Gasteiger charge is 2.23. The summed E-state index contributed by atoms with van der Waals surface area (Å²) in [5, 5.41) is 22.4. The molecular weight excluding hydrogens is 324 g/mol. The number of carbonyl (C=O) groups excluding carboxylic acids is 1. The lowest BCUT2D eigenvalue weighted by Crippen LogP contribution is -2.19. The Kier molecular flexibility index (Phi) is 4.82. The van der Waals surface area contributed by atoms with Crippen LogP contribution in [0.4, 0.5) is 11.5 Å². The second-order valence-corrected chi connectivity index (χ2v) is 6.40. The first-order valence-corrected chi connectivity index (χ1v) is 8.49. The van der Waals surface area contributed by atoms with Crippen LogP contribution in [0, 0.1) is 24.0 Å². The summed E-state index contributed by atoms with van der Waals surface area (Å²) >= 11 is 0. The number of nitrogens with one attached hydrogen (secondary N) is 1. The molecule has 1 aliphatic rings. The number of hydrogen-bond donors (Lipinski definition) is 1. The van der Waals surface area contributed by atoms with Crippen molar-refractivity contribution in [3.05, 3.63) is 33.8 Å². The number of aromatic nitrogens is 4. The topological polar surface area (TPSA) is 108 Å². The van der Waals surface area contributed by atoms with Gasteiger partial charge in [0.1, 0.15) is 17.2 Å². The molecule has 0 radical (unpaired) electrons. The van der Waals surface area contributed by atoms with Crippen molar-refractivity contribution in [2.45, 2.75) is 58.5 Å². The Hall–Kier alpha value is -2.71. The molecule has 2 aromatic rings. The molecule has 3 rings (SSSR count). The zero-order valence-electron chi connectivity index (χ0n) is 14.4. The van der Waals surface area contributed by atoms with Crippen molar-refractivity contribution in [2.24, 2.45) is 0 Å². The normalized spacial score (nSPS) is 14.8. The maximum absolute atomic E-state index is 12.3. The number of aryl methyl sites for hydroxylation is 2. The predicted octanol–water partition coefficient (Wildman–Crippen LogP) is 2.75. The fourth-order valence-electron chi connectivity index (χ4n) is 3.44. The Morgan fingerprint density at radius 3 is 2.76 bits per heavy atom. The Morgan fingerprint density at radius 2 is 2.12 bits per heavy atom. The molecule has 134 valence electrons. The molecule has 2 heterocycles. The van der Waals surface area contributed by atoms with Crippen molar-refractivity contribution in [1.29, 1.82) is 0 Å². The second-order valence-electron chi connectivity index (χ2n) is 6.40. The van der Waals surface area contributed by atoms with E-state index in [1.54, 1.807) is 26.1 Å². The number of hydrogen-bond acceptors (Lipinski definition) is 5. The first kappa shape index (κ1) is 17.1. The molecule has 1 aliphatic carbocycles. The van der Waals surface area contributed by atoms with Gasteiger partial charge in [-0.05, 0) is 26.7 Å². The minimum absolute atomic E-state index is 0.0136. The summed E-state index contributed by atoms with van der Waals surface area (Å²) in [5.74, 6) is 0.547. The first-order chi connectivity index (χ1) is 12.0. The molecule has 0 spiro atoms. The van der Waals surface area contributed by atoms with E-state index in [-0.39, 0.29) is 18.0 Å². The average molecular weight is 346 g/mol. The van der Waals surface area contributed by atoms with Crippen LogP contribution in [0.1, 0.15) is 49.5 Å². The quantitative estimate of drug-likeness (QED) is 0.639. The average Bonchev–Trinajstić information content (AvgIpc) is 3.25. The van der Waals surface area contributed by atoms with Gasteiger partial charge in [-0.2, -0.15) is 10.2 Å². The van der Waals surface area contributed by atoms with Gasteiger partial charge in [0.25, 0.3) is 0 Å². The second kappa shape index (κ2) is 7.04. The number of nitrogens with zero attached hydrogens (tertiary/aromatic N) is 5. The summed E-state index contributed by atoms with van der Waals surface area (Å²) in [5.41, 5.74) is 0.841. The van der Waals surface area contributed by atoms with Gasteiger partial charge in [-0.1, -0.05) is 12.8 Å². The molecule has 1 saturated carbocycles. The maximum atomic E-state index is 12.3. The summed E-state index contributed by atoms with van der Waals surface area (Å²) in [6.45, 7) is 3.54. The molecule has 9 heteroatoms. The molecule has 25 heavy (non-hydrogen) atoms. The van der Waals surface area contributed by atoms with Crippen molar-refractivity contribution in [1.82, 2.24) is 19.6 Å². The third-order valence-electron chi connectivity index (χ3n) is 4.68. The van der Waals surface area contributed by atoms with Crippen molar-refractivity contribution in [3.63, 3.8) is 0 Å². The molecule has 1 fully saturated rings. The van der Waals surface area contributed by atoms with E-state index >= 15 is 0 Å². The van der Waals surface area contributed by atoms with E-state index in [2.05, 4.69) is 15.5 Å². The van der Waals surface area contributed by atoms with E-state index in [0.717, 1.165) is 12.8 Å². The lowest BCUT2D eigenvalue weighted by molar-refractivity contribution is -0.386. The smallest absolute Gasteiger partial charge is 0.311 e. The number of anilines is 1. The van der Waals surface area contributed by atoms with Crippen LogP contribution in [-0.2, 0) is 11.3 Å². The molecule has 0 aromatic carbocycles. The predicted molar refractivity (Wildman–Crippen MR) is 91.3 cm³/mol. The summed E-state index contributed by atoms with van der Waals surface area (Å²) in [4.78, 5) is 22.9. The molecular formula is C16H22N6O3. The molecule has 0 aliphatic heterocycles. The van der Waals surface area contributed by atoms with Crippen molar-refractivity contribution in [3.8, 4) is 0 Å². The largest absolute Gasteiger partial charge is 0.312 e. The first-order valence-electron chi connectivity index (χ1n) is 8.49. The molecule has 1 N–H and O–H groups in total. The minimum Gasteiger partial charge on any atom is -0.311 e. The molecule has 0 atom stereocenters. The van der Waals surface area contributed by atoms with Crippen LogP contribution in [0.5, 0.6) is 0 Å². The standard InChI is InChI=1S/C16H22N6O3/c1-11-16(22(24)25)12(2)20(19-11)10-8-15(23)18-14-7-9-17-21(14)13-5-3-4-6-13/h7,9,13H,3-6,8,10H2,1-2H3,(H,18,23). The molecule has 0 bridgehead atoms. The van der Waals surface area contributed by atoms with Crippen LogP contribution >= 0.6 is 0 Å². The van der Waals surface area contributed by atoms with Crippen LogP contribution in [0.15, 0.2) is 12.3 Å². The Bertz CT molecular complexity index is 788. The van der Waals surface area contributed by atoms with E-state index < -0.39 is 4.92 Å². The lowest BCUT2D eigenvalue weighted by Gasteiger charge is -2.14. The van der Waals surface area contributed by atoms with Crippen LogP contribution in [-0.4, -0.2) is 30.4 Å². The molecule has 9 nitrogen and oxygen atoms in total. The Labute approximate surface area is 145 Å². The van der Waals surface area contributed by atoms with Gasteiger partial charge in [0, 0.05) is 12.5 Å². The van der Waals surface area contributed by atoms with Crippen LogP contribution < -0.4 is 5.32 Å². The highest BCUT2D eigenvalue weighted by Crippen LogP contribution is 2.31. The third-order valence-corrected chi connectivity index (χ3v) is 4.68. The van der Waals surface area contributed by atoms with Gasteiger partial charge in [0.05, 0.1) is 23.7 Å². The van der Waals surface area contributed by atoms with Crippen LogP contribution in [0.25, 0.3) is 0 Å². The van der Waals surface area contributed by atoms with Crippen LogP contribution in [0.3, 0.4) is 0 Å². The van der Waals surface area contributed by atoms with Gasteiger partial charge in [0.2, 0.25) is 5.91 Å². The zero-order valence-corrected chi connectivity index (χ0v) is 14.4. The summed E-state index contributed by atoms with van der Waals surface area (Å²) in [6.07, 6.45) is 6.43. The van der Waals surface area contributed by atoms with Crippen LogP contribution in [0.2, 0.25) is 0 Å². The summed E-state index contributed by atoms with van der Waals surface area (Å²) < 4.78 is 3.40. The van der Waals surface area contributed by atoms with Crippen molar-refractivity contribution < 1.29 is 9.72 Å². The van der Waals surface area contributed by atoms with Gasteiger partial charge in [-0.15, -0.1) is 0 Å². The third kappa shape index (κ3) is 3.54. The van der Waals surface area contributed by atoms with Gasteiger partial charge >= 0.3 is 5.69 Å². The van der Waals surface area contributed by atoms with E-state index in [1.165, 1.54) is 17.5 Å². The maximum Gasteiger partial charge on any atom is 0.312 e. The monoisotopic (exact) mass is 346 g/mol. The Balaban J connectivity index is 1.62. The molecule has 0 saturated heterocycles. The van der Waals surface area contributed by atoms with Gasteiger partial charge in [0.15, 0.2) is 0 Å². The number of nitro groups is 1.